The molecule has 0 unspecified atom stereocenters. The number of nitrogens with zero attached hydrogens (tertiary/aromatic N) is 3. The first-order chi connectivity index (χ1) is 7.77. The molecule has 1 aliphatic rings. The number of H-pyrrole nitrogens is 1. The second-order valence-electron chi connectivity index (χ2n) is 4.62. The van der Waals surface area contributed by atoms with Crippen LogP contribution in [0, 0.1) is 0 Å². The average Bonchev–Trinajstić information content (AvgIpc) is 2.56. The lowest BCUT2D eigenvalue weighted by atomic mass is 10.2. The molecular formula is C12H16N4. The van der Waals surface area contributed by atoms with E-state index in [4.69, 9.17) is 0 Å². The number of nitrogens with one attached hydrogen (secondary N) is 1. The van der Waals surface area contributed by atoms with Crippen LogP contribution < -0.4 is 4.90 Å². The molecule has 0 bridgehead atoms. The van der Waals surface area contributed by atoms with Crippen molar-refractivity contribution in [1.29, 1.82) is 0 Å². The van der Waals surface area contributed by atoms with Crippen LogP contribution in [0.25, 0.3) is 10.9 Å². The van der Waals surface area contributed by atoms with Crippen molar-refractivity contribution >= 4 is 16.7 Å². The Morgan fingerprint density at radius 3 is 3.12 bits per heavy atom. The van der Waals surface area contributed by atoms with Gasteiger partial charge in [-0.1, -0.05) is 0 Å². The first-order valence-electron chi connectivity index (χ1n) is 5.86. The summed E-state index contributed by atoms with van der Waals surface area (Å²) in [6.45, 7) is 5.50. The van der Waals surface area contributed by atoms with Gasteiger partial charge in [0.15, 0.2) is 0 Å². The minimum absolute atomic E-state index is 0.485. The molecule has 0 saturated carbocycles. The summed E-state index contributed by atoms with van der Waals surface area (Å²) in [6.07, 6.45) is 4.08. The van der Waals surface area contributed by atoms with Gasteiger partial charge in [0.2, 0.25) is 0 Å². The normalized spacial score (nSPS) is 15.8. The van der Waals surface area contributed by atoms with Crippen molar-refractivity contribution in [2.45, 2.75) is 32.7 Å². The van der Waals surface area contributed by atoms with E-state index in [9.17, 15) is 0 Å². The Morgan fingerprint density at radius 2 is 2.31 bits per heavy atom. The van der Waals surface area contributed by atoms with Gasteiger partial charge in [-0.2, -0.15) is 5.10 Å². The molecule has 1 N–H and O–H groups in total. The fraction of sp³-hybridized carbons (Fsp3) is 0.500. The second kappa shape index (κ2) is 3.47. The minimum Gasteiger partial charge on any atom is -0.354 e. The molecule has 3 rings (SSSR count). The number of hydrogen-bond donors (Lipinski definition) is 1. The largest absolute Gasteiger partial charge is 0.354 e. The molecule has 0 aliphatic carbocycles. The first kappa shape index (κ1) is 9.63. The van der Waals surface area contributed by atoms with Crippen LogP contribution in [-0.4, -0.2) is 27.8 Å². The van der Waals surface area contributed by atoms with E-state index >= 15 is 0 Å². The van der Waals surface area contributed by atoms with Gasteiger partial charge < -0.3 is 4.90 Å². The van der Waals surface area contributed by atoms with E-state index in [0.29, 0.717) is 6.04 Å². The number of aromatic amines is 1. The van der Waals surface area contributed by atoms with Crippen molar-refractivity contribution in [3.63, 3.8) is 0 Å². The molecule has 2 aromatic rings. The molecule has 0 aromatic carbocycles. The maximum Gasteiger partial charge on any atom is 0.140 e. The zero-order valence-corrected chi connectivity index (χ0v) is 9.70. The molecule has 4 nitrogen and oxygen atoms in total. The Balaban J connectivity index is 2.27. The van der Waals surface area contributed by atoms with E-state index in [1.54, 1.807) is 0 Å². The summed E-state index contributed by atoms with van der Waals surface area (Å²) in [5.41, 5.74) is 2.27. The van der Waals surface area contributed by atoms with E-state index in [-0.39, 0.29) is 0 Å². The van der Waals surface area contributed by atoms with Crippen LogP contribution in [0.1, 0.15) is 26.0 Å². The maximum atomic E-state index is 4.54. The highest BCUT2D eigenvalue weighted by Crippen LogP contribution is 2.30. The van der Waals surface area contributed by atoms with Gasteiger partial charge in [0.05, 0.1) is 10.9 Å². The fourth-order valence-corrected chi connectivity index (χ4v) is 2.44. The summed E-state index contributed by atoms with van der Waals surface area (Å²) in [6, 6.07) is 2.46. The van der Waals surface area contributed by atoms with Crippen LogP contribution in [0.15, 0.2) is 12.3 Å². The van der Waals surface area contributed by atoms with Gasteiger partial charge >= 0.3 is 0 Å². The Kier molecular flexibility index (Phi) is 2.09. The Morgan fingerprint density at radius 1 is 1.44 bits per heavy atom. The minimum atomic E-state index is 0.485. The quantitative estimate of drug-likeness (QED) is 0.794. The van der Waals surface area contributed by atoms with Gasteiger partial charge in [0, 0.05) is 24.5 Å². The highest BCUT2D eigenvalue weighted by Gasteiger charge is 2.21. The maximum absolute atomic E-state index is 4.54. The Labute approximate surface area is 94.7 Å². The molecule has 3 heterocycles. The summed E-state index contributed by atoms with van der Waals surface area (Å²) in [4.78, 5) is 6.91. The molecule has 0 radical (unpaired) electrons. The van der Waals surface area contributed by atoms with Gasteiger partial charge in [-0.25, -0.2) is 4.98 Å². The fourth-order valence-electron chi connectivity index (χ4n) is 2.44. The third kappa shape index (κ3) is 1.29. The van der Waals surface area contributed by atoms with Crippen molar-refractivity contribution in [1.82, 2.24) is 15.2 Å². The molecule has 0 spiro atoms. The molecule has 0 fully saturated rings. The number of pyridine rings is 1. The Hall–Kier alpha value is -1.58. The monoisotopic (exact) mass is 216 g/mol. The number of aromatic nitrogens is 3. The summed E-state index contributed by atoms with van der Waals surface area (Å²) < 4.78 is 0. The van der Waals surface area contributed by atoms with Gasteiger partial charge in [-0.3, -0.25) is 5.10 Å². The predicted molar refractivity (Wildman–Crippen MR) is 64.7 cm³/mol. The van der Waals surface area contributed by atoms with Gasteiger partial charge in [-0.05, 0) is 32.8 Å². The highest BCUT2D eigenvalue weighted by molar-refractivity contribution is 5.92. The van der Waals surface area contributed by atoms with E-state index in [0.717, 1.165) is 30.7 Å². The van der Waals surface area contributed by atoms with Crippen LogP contribution in [0.5, 0.6) is 0 Å². The van der Waals surface area contributed by atoms with Crippen LogP contribution in [-0.2, 0) is 6.42 Å². The van der Waals surface area contributed by atoms with Crippen molar-refractivity contribution in [3.05, 3.63) is 18.0 Å². The first-order valence-corrected chi connectivity index (χ1v) is 5.86. The van der Waals surface area contributed by atoms with E-state index < -0.39 is 0 Å². The van der Waals surface area contributed by atoms with Crippen molar-refractivity contribution in [3.8, 4) is 0 Å². The topological polar surface area (TPSA) is 44.8 Å². The molecule has 84 valence electrons. The van der Waals surface area contributed by atoms with E-state index in [1.165, 1.54) is 11.1 Å². The van der Waals surface area contributed by atoms with E-state index in [1.807, 2.05) is 12.3 Å². The van der Waals surface area contributed by atoms with Gasteiger partial charge in [0.1, 0.15) is 5.82 Å². The number of aryl methyl sites for hydroxylation is 1. The summed E-state index contributed by atoms with van der Waals surface area (Å²) in [5.74, 6) is 1.09. The summed E-state index contributed by atoms with van der Waals surface area (Å²) >= 11 is 0. The standard InChI is InChI=1S/C12H16N4/c1-8(2)16-7-3-4-9-11-10(15-14-9)5-6-13-12(11)16/h5-6,8H,3-4,7H2,1-2H3,(H,14,15). The van der Waals surface area contributed by atoms with E-state index in [2.05, 4.69) is 33.9 Å². The summed E-state index contributed by atoms with van der Waals surface area (Å²) in [5, 5.41) is 8.69. The van der Waals surface area contributed by atoms with Crippen LogP contribution in [0.2, 0.25) is 0 Å². The smallest absolute Gasteiger partial charge is 0.140 e. The molecule has 0 atom stereocenters. The van der Waals surface area contributed by atoms with Crippen LogP contribution in [0.4, 0.5) is 5.82 Å². The Bertz CT molecular complexity index is 515. The van der Waals surface area contributed by atoms with Crippen LogP contribution in [0.3, 0.4) is 0 Å². The van der Waals surface area contributed by atoms with Crippen molar-refractivity contribution < 1.29 is 0 Å². The molecule has 16 heavy (non-hydrogen) atoms. The molecule has 0 saturated heterocycles. The average molecular weight is 216 g/mol. The second-order valence-corrected chi connectivity index (χ2v) is 4.62. The third-order valence-electron chi connectivity index (χ3n) is 3.24. The summed E-state index contributed by atoms with van der Waals surface area (Å²) in [7, 11) is 0. The van der Waals surface area contributed by atoms with Crippen molar-refractivity contribution in [2.75, 3.05) is 11.4 Å². The predicted octanol–water partition coefficient (Wildman–Crippen LogP) is 2.12. The number of anilines is 1. The van der Waals surface area contributed by atoms with Crippen LogP contribution >= 0.6 is 0 Å². The number of hydrogen-bond acceptors (Lipinski definition) is 3. The molecular weight excluding hydrogens is 200 g/mol. The lowest BCUT2D eigenvalue weighted by Gasteiger charge is -2.26. The van der Waals surface area contributed by atoms with Gasteiger partial charge in [-0.15, -0.1) is 0 Å². The lowest BCUT2D eigenvalue weighted by molar-refractivity contribution is 0.651. The molecule has 0 amide bonds. The lowest BCUT2D eigenvalue weighted by Crippen LogP contribution is -2.32. The van der Waals surface area contributed by atoms with Crippen molar-refractivity contribution in [2.24, 2.45) is 0 Å². The molecule has 1 aliphatic heterocycles. The molecule has 2 aromatic heterocycles. The SMILES string of the molecule is CC(C)N1CCCc2[nH]nc3ccnc1c23. The third-order valence-corrected chi connectivity index (χ3v) is 3.24. The zero-order chi connectivity index (χ0) is 11.1. The highest BCUT2D eigenvalue weighted by atomic mass is 15.2. The zero-order valence-electron chi connectivity index (χ0n) is 9.70. The van der Waals surface area contributed by atoms with Gasteiger partial charge in [0.25, 0.3) is 0 Å². The molecule has 4 heteroatoms. The number of rotatable bonds is 1.